The Morgan fingerprint density at radius 3 is 2.57 bits per heavy atom. The molecule has 0 saturated heterocycles. The molecule has 0 unspecified atom stereocenters. The number of hydrogen-bond donors (Lipinski definition) is 0. The molecule has 0 atom stereocenters. The van der Waals surface area contributed by atoms with Gasteiger partial charge in [0.05, 0.1) is 0 Å². The third kappa shape index (κ3) is 4.80. The average molecular weight is 398 g/mol. The molecule has 2 aromatic carbocycles. The van der Waals surface area contributed by atoms with Crippen molar-refractivity contribution in [3.63, 3.8) is 0 Å². The van der Waals surface area contributed by atoms with Gasteiger partial charge in [-0.3, -0.25) is 4.79 Å². The Labute approximate surface area is 166 Å². The van der Waals surface area contributed by atoms with Gasteiger partial charge in [-0.15, -0.1) is 11.3 Å². The van der Waals surface area contributed by atoms with Crippen molar-refractivity contribution in [3.05, 3.63) is 76.5 Å². The van der Waals surface area contributed by atoms with Crippen molar-refractivity contribution in [2.24, 2.45) is 0 Å². The van der Waals surface area contributed by atoms with Gasteiger partial charge in [-0.25, -0.2) is 14.2 Å². The number of carbonyl (C=O) groups is 2. The van der Waals surface area contributed by atoms with Crippen LogP contribution in [0.25, 0.3) is 10.6 Å². The number of esters is 1. The Morgan fingerprint density at radius 1 is 1.14 bits per heavy atom. The summed E-state index contributed by atoms with van der Waals surface area (Å²) < 4.78 is 18.1. The van der Waals surface area contributed by atoms with Crippen molar-refractivity contribution in [3.8, 4) is 10.6 Å². The number of carbonyl (C=O) groups excluding carboxylic acids is 2. The molecule has 0 radical (unpaired) electrons. The van der Waals surface area contributed by atoms with Gasteiger partial charge >= 0.3 is 5.97 Å². The predicted molar refractivity (Wildman–Crippen MR) is 105 cm³/mol. The molecular weight excluding hydrogens is 379 g/mol. The molecule has 7 heteroatoms. The van der Waals surface area contributed by atoms with Gasteiger partial charge in [-0.2, -0.15) is 0 Å². The van der Waals surface area contributed by atoms with E-state index in [0.29, 0.717) is 17.1 Å². The van der Waals surface area contributed by atoms with E-state index < -0.39 is 5.97 Å². The zero-order chi connectivity index (χ0) is 20.1. The van der Waals surface area contributed by atoms with Gasteiger partial charge in [0.1, 0.15) is 10.8 Å². The number of benzene rings is 2. The van der Waals surface area contributed by atoms with E-state index in [1.165, 1.54) is 28.4 Å². The summed E-state index contributed by atoms with van der Waals surface area (Å²) in [5, 5.41) is 2.14. The molecule has 0 aliphatic carbocycles. The first kappa shape index (κ1) is 19.7. The van der Waals surface area contributed by atoms with E-state index in [9.17, 15) is 14.0 Å². The number of aromatic nitrogens is 1. The van der Waals surface area contributed by atoms with Gasteiger partial charge in [0.15, 0.2) is 12.3 Å². The fourth-order valence-corrected chi connectivity index (χ4v) is 3.33. The third-order valence-electron chi connectivity index (χ3n) is 4.23. The summed E-state index contributed by atoms with van der Waals surface area (Å²) in [6, 6.07) is 13.6. The van der Waals surface area contributed by atoms with Crippen molar-refractivity contribution >= 4 is 23.2 Å². The quantitative estimate of drug-likeness (QED) is 0.587. The third-order valence-corrected chi connectivity index (χ3v) is 5.12. The van der Waals surface area contributed by atoms with Crippen LogP contribution >= 0.6 is 11.3 Å². The molecule has 0 bridgehead atoms. The summed E-state index contributed by atoms with van der Waals surface area (Å²) in [4.78, 5) is 30.1. The van der Waals surface area contributed by atoms with Crippen LogP contribution in [0.4, 0.5) is 4.39 Å². The normalized spacial score (nSPS) is 10.5. The molecule has 1 heterocycles. The van der Waals surface area contributed by atoms with Crippen LogP contribution in [0.3, 0.4) is 0 Å². The monoisotopic (exact) mass is 398 g/mol. The molecule has 1 aromatic heterocycles. The second kappa shape index (κ2) is 8.75. The molecule has 0 fully saturated rings. The molecule has 1 amide bonds. The lowest BCUT2D eigenvalue weighted by Crippen LogP contribution is -2.31. The number of halogens is 1. The number of amides is 1. The van der Waals surface area contributed by atoms with Gasteiger partial charge < -0.3 is 9.64 Å². The van der Waals surface area contributed by atoms with Crippen LogP contribution in [0.1, 0.15) is 21.6 Å². The largest absolute Gasteiger partial charge is 0.451 e. The molecule has 144 valence electrons. The molecule has 3 aromatic rings. The summed E-state index contributed by atoms with van der Waals surface area (Å²) in [5.41, 5.74) is 2.96. The smallest absolute Gasteiger partial charge is 0.358 e. The zero-order valence-electron chi connectivity index (χ0n) is 15.5. The molecule has 3 rings (SSSR count). The molecule has 0 N–H and O–H groups in total. The first-order chi connectivity index (χ1) is 13.4. The fraction of sp³-hybridized carbons (Fsp3) is 0.190. The molecule has 28 heavy (non-hydrogen) atoms. The van der Waals surface area contributed by atoms with Crippen molar-refractivity contribution in [1.82, 2.24) is 9.88 Å². The van der Waals surface area contributed by atoms with E-state index in [1.54, 1.807) is 24.6 Å². The Balaban J connectivity index is 1.55. The number of likely N-dealkylation sites (N-methyl/N-ethyl adjacent to an activating group) is 1. The minimum Gasteiger partial charge on any atom is -0.451 e. The van der Waals surface area contributed by atoms with Crippen LogP contribution in [-0.4, -0.2) is 35.4 Å². The molecule has 0 saturated carbocycles. The lowest BCUT2D eigenvalue weighted by molar-refractivity contribution is -0.133. The van der Waals surface area contributed by atoms with Crippen LogP contribution in [-0.2, 0) is 16.1 Å². The Bertz CT molecular complexity index is 985. The van der Waals surface area contributed by atoms with Crippen LogP contribution < -0.4 is 0 Å². The van der Waals surface area contributed by atoms with Crippen molar-refractivity contribution in [2.45, 2.75) is 13.5 Å². The van der Waals surface area contributed by atoms with E-state index in [4.69, 9.17) is 4.74 Å². The molecule has 0 spiro atoms. The van der Waals surface area contributed by atoms with Crippen LogP contribution in [0.5, 0.6) is 0 Å². The number of hydrogen-bond acceptors (Lipinski definition) is 5. The van der Waals surface area contributed by atoms with Crippen LogP contribution in [0.2, 0.25) is 0 Å². The fourth-order valence-electron chi connectivity index (χ4n) is 2.54. The highest BCUT2D eigenvalue weighted by Crippen LogP contribution is 2.24. The minimum absolute atomic E-state index is 0.124. The summed E-state index contributed by atoms with van der Waals surface area (Å²) in [6.45, 7) is 2.06. The Hall–Kier alpha value is -3.06. The second-order valence-electron chi connectivity index (χ2n) is 6.30. The highest BCUT2D eigenvalue weighted by atomic mass is 32.1. The van der Waals surface area contributed by atoms with Crippen molar-refractivity contribution < 1.29 is 18.7 Å². The van der Waals surface area contributed by atoms with Gasteiger partial charge in [-0.1, -0.05) is 24.3 Å². The van der Waals surface area contributed by atoms with E-state index >= 15 is 0 Å². The SMILES string of the molecule is Cc1ccccc1CN(C)C(=O)COC(=O)c1csc(-c2ccc(F)cc2)n1. The summed E-state index contributed by atoms with van der Waals surface area (Å²) >= 11 is 1.25. The summed E-state index contributed by atoms with van der Waals surface area (Å²) in [6.07, 6.45) is 0. The lowest BCUT2D eigenvalue weighted by Gasteiger charge is -2.18. The maximum Gasteiger partial charge on any atom is 0.358 e. The van der Waals surface area contributed by atoms with Crippen molar-refractivity contribution in [2.75, 3.05) is 13.7 Å². The van der Waals surface area contributed by atoms with E-state index in [0.717, 1.165) is 11.1 Å². The van der Waals surface area contributed by atoms with E-state index in [1.807, 2.05) is 31.2 Å². The molecule has 0 aliphatic heterocycles. The van der Waals surface area contributed by atoms with Gasteiger partial charge in [0, 0.05) is 24.5 Å². The highest BCUT2D eigenvalue weighted by Gasteiger charge is 2.17. The number of nitrogens with zero attached hydrogens (tertiary/aromatic N) is 2. The van der Waals surface area contributed by atoms with Gasteiger partial charge in [0.25, 0.3) is 5.91 Å². The summed E-state index contributed by atoms with van der Waals surface area (Å²) in [5.74, 6) is -1.30. The summed E-state index contributed by atoms with van der Waals surface area (Å²) in [7, 11) is 1.66. The maximum atomic E-state index is 13.0. The minimum atomic E-state index is -0.665. The van der Waals surface area contributed by atoms with Gasteiger partial charge in [-0.05, 0) is 42.3 Å². The standard InChI is InChI=1S/C21H19FN2O3S/c1-14-5-3-4-6-16(14)11-24(2)19(25)12-27-21(26)18-13-28-20(23-18)15-7-9-17(22)10-8-15/h3-10,13H,11-12H2,1-2H3. The Morgan fingerprint density at radius 2 is 1.86 bits per heavy atom. The molecule has 5 nitrogen and oxygen atoms in total. The second-order valence-corrected chi connectivity index (χ2v) is 7.16. The number of rotatable bonds is 6. The number of aryl methyl sites for hydroxylation is 1. The highest BCUT2D eigenvalue weighted by molar-refractivity contribution is 7.13. The van der Waals surface area contributed by atoms with E-state index in [2.05, 4.69) is 4.98 Å². The molecular formula is C21H19FN2O3S. The average Bonchev–Trinajstić information content (AvgIpc) is 3.18. The van der Waals surface area contributed by atoms with Gasteiger partial charge in [0.2, 0.25) is 0 Å². The van der Waals surface area contributed by atoms with E-state index in [-0.39, 0.29) is 24.0 Å². The lowest BCUT2D eigenvalue weighted by atomic mass is 10.1. The van der Waals surface area contributed by atoms with Crippen LogP contribution in [0.15, 0.2) is 53.9 Å². The Kier molecular flexibility index (Phi) is 6.16. The predicted octanol–water partition coefficient (Wildman–Crippen LogP) is 4.07. The number of thiazole rings is 1. The first-order valence-corrected chi connectivity index (χ1v) is 9.49. The zero-order valence-corrected chi connectivity index (χ0v) is 16.3. The first-order valence-electron chi connectivity index (χ1n) is 8.61. The number of ether oxygens (including phenoxy) is 1. The topological polar surface area (TPSA) is 59.5 Å². The maximum absolute atomic E-state index is 13.0. The van der Waals surface area contributed by atoms with Crippen molar-refractivity contribution in [1.29, 1.82) is 0 Å². The van der Waals surface area contributed by atoms with Crippen LogP contribution in [0, 0.1) is 12.7 Å². The molecule has 0 aliphatic rings.